The fourth-order valence-corrected chi connectivity index (χ4v) is 5.83. The highest BCUT2D eigenvalue weighted by Gasteiger charge is 2.30. The van der Waals surface area contributed by atoms with E-state index in [1.807, 2.05) is 30.3 Å². The molecule has 3 aromatic carbocycles. The number of fused-ring (bicyclic) bond motifs is 3. The van der Waals surface area contributed by atoms with Crippen molar-refractivity contribution in [2.45, 2.75) is 57.4 Å². The molecule has 1 fully saturated rings. The molecule has 0 spiro atoms. The van der Waals surface area contributed by atoms with Gasteiger partial charge in [-0.25, -0.2) is 9.59 Å². The number of nitrogens with one attached hydrogen (secondary N) is 1. The van der Waals surface area contributed by atoms with Crippen LogP contribution >= 0.6 is 0 Å². The van der Waals surface area contributed by atoms with Crippen LogP contribution in [0.15, 0.2) is 66.7 Å². The number of anilines is 1. The molecule has 1 aliphatic carbocycles. The van der Waals surface area contributed by atoms with Crippen LogP contribution in [0, 0.1) is 0 Å². The minimum absolute atomic E-state index is 0.0765. The summed E-state index contributed by atoms with van der Waals surface area (Å²) in [5, 5.41) is 12.5. The predicted molar refractivity (Wildman–Crippen MR) is 150 cm³/mol. The molecule has 6 heteroatoms. The first-order valence-electron chi connectivity index (χ1n) is 13.6. The first-order chi connectivity index (χ1) is 18.4. The van der Waals surface area contributed by atoms with Gasteiger partial charge in [0.05, 0.1) is 0 Å². The number of alkyl carbamates (subject to hydrolysis) is 1. The lowest BCUT2D eigenvalue weighted by Crippen LogP contribution is -2.43. The molecule has 198 valence electrons. The Balaban J connectivity index is 1.26. The summed E-state index contributed by atoms with van der Waals surface area (Å²) in [7, 11) is 0. The predicted octanol–water partition coefficient (Wildman–Crippen LogP) is 6.33. The second-order valence-corrected chi connectivity index (χ2v) is 10.7. The monoisotopic (exact) mass is 512 g/mol. The summed E-state index contributed by atoms with van der Waals surface area (Å²) < 4.78 is 5.60. The fourth-order valence-electron chi connectivity index (χ4n) is 5.83. The van der Waals surface area contributed by atoms with Gasteiger partial charge in [-0.2, -0.15) is 0 Å². The Hall–Kier alpha value is -3.80. The Kier molecular flexibility index (Phi) is 7.68. The number of carboxylic acids is 1. The van der Waals surface area contributed by atoms with E-state index in [-0.39, 0.29) is 18.9 Å². The minimum Gasteiger partial charge on any atom is -0.480 e. The van der Waals surface area contributed by atoms with Crippen LogP contribution in [0.3, 0.4) is 0 Å². The van der Waals surface area contributed by atoms with E-state index in [1.54, 1.807) is 0 Å². The summed E-state index contributed by atoms with van der Waals surface area (Å²) in [6.45, 7) is 6.58. The fraction of sp³-hybridized carbons (Fsp3) is 0.375. The Labute approximate surface area is 224 Å². The highest BCUT2D eigenvalue weighted by Crippen LogP contribution is 2.44. The van der Waals surface area contributed by atoms with Crippen LogP contribution in [0.2, 0.25) is 0 Å². The van der Waals surface area contributed by atoms with Crippen LogP contribution in [0.25, 0.3) is 11.1 Å². The Morgan fingerprint density at radius 3 is 2.18 bits per heavy atom. The molecule has 1 aliphatic heterocycles. The Bertz CT molecular complexity index is 1270. The van der Waals surface area contributed by atoms with E-state index in [4.69, 9.17) is 4.74 Å². The minimum atomic E-state index is -1.08. The largest absolute Gasteiger partial charge is 0.480 e. The van der Waals surface area contributed by atoms with Gasteiger partial charge in [0.15, 0.2) is 0 Å². The van der Waals surface area contributed by atoms with Gasteiger partial charge in [-0.3, -0.25) is 0 Å². The molecule has 6 nitrogen and oxygen atoms in total. The molecule has 1 atom stereocenters. The first-order valence-corrected chi connectivity index (χ1v) is 13.6. The topological polar surface area (TPSA) is 78.9 Å². The van der Waals surface area contributed by atoms with E-state index < -0.39 is 18.1 Å². The third-order valence-electron chi connectivity index (χ3n) is 7.78. The third kappa shape index (κ3) is 5.40. The van der Waals surface area contributed by atoms with E-state index in [2.05, 4.69) is 60.5 Å². The highest BCUT2D eigenvalue weighted by atomic mass is 16.5. The van der Waals surface area contributed by atoms with Gasteiger partial charge in [0.1, 0.15) is 12.6 Å². The summed E-state index contributed by atoms with van der Waals surface area (Å²) in [5.41, 5.74) is 7.87. The van der Waals surface area contributed by atoms with Gasteiger partial charge in [0.2, 0.25) is 0 Å². The summed E-state index contributed by atoms with van der Waals surface area (Å²) in [5.74, 6) is -0.845. The van der Waals surface area contributed by atoms with Crippen LogP contribution in [0.5, 0.6) is 0 Å². The number of ether oxygens (including phenoxy) is 1. The van der Waals surface area contributed by atoms with Gasteiger partial charge in [-0.15, -0.1) is 0 Å². The van der Waals surface area contributed by atoms with Gasteiger partial charge in [0.25, 0.3) is 0 Å². The molecular weight excluding hydrogens is 476 g/mol. The highest BCUT2D eigenvalue weighted by molar-refractivity contribution is 5.81. The third-order valence-corrected chi connectivity index (χ3v) is 7.78. The lowest BCUT2D eigenvalue weighted by atomic mass is 9.94. The van der Waals surface area contributed by atoms with E-state index in [1.165, 1.54) is 30.5 Å². The van der Waals surface area contributed by atoms with E-state index >= 15 is 0 Å². The molecule has 38 heavy (non-hydrogen) atoms. The molecule has 0 bridgehead atoms. The summed E-state index contributed by atoms with van der Waals surface area (Å²) in [4.78, 5) is 27.3. The number of rotatable bonds is 8. The zero-order valence-electron chi connectivity index (χ0n) is 22.2. The van der Waals surface area contributed by atoms with Gasteiger partial charge in [0, 0.05) is 31.1 Å². The van der Waals surface area contributed by atoms with Crippen molar-refractivity contribution in [2.24, 2.45) is 0 Å². The van der Waals surface area contributed by atoms with E-state index in [9.17, 15) is 14.7 Å². The van der Waals surface area contributed by atoms with Crippen molar-refractivity contribution in [3.8, 4) is 11.1 Å². The van der Waals surface area contributed by atoms with Gasteiger partial charge in [-0.1, -0.05) is 74.5 Å². The van der Waals surface area contributed by atoms with Crippen molar-refractivity contribution in [3.63, 3.8) is 0 Å². The number of carbonyl (C=O) groups excluding carboxylic acids is 1. The molecule has 0 radical (unpaired) electrons. The van der Waals surface area contributed by atoms with Crippen molar-refractivity contribution in [2.75, 3.05) is 24.6 Å². The number of carbonyl (C=O) groups is 2. The smallest absolute Gasteiger partial charge is 0.407 e. The second-order valence-electron chi connectivity index (χ2n) is 10.7. The van der Waals surface area contributed by atoms with Crippen LogP contribution in [-0.2, 0) is 16.0 Å². The number of hydrogen-bond acceptors (Lipinski definition) is 4. The molecule has 1 unspecified atom stereocenters. The lowest BCUT2D eigenvalue weighted by molar-refractivity contribution is -0.139. The maximum atomic E-state index is 12.8. The summed E-state index contributed by atoms with van der Waals surface area (Å²) >= 11 is 0. The van der Waals surface area contributed by atoms with E-state index in [0.717, 1.165) is 40.9 Å². The first kappa shape index (κ1) is 25.8. The van der Waals surface area contributed by atoms with E-state index in [0.29, 0.717) is 5.92 Å². The van der Waals surface area contributed by atoms with Crippen molar-refractivity contribution >= 4 is 17.7 Å². The molecular formula is C32H36N2O4. The molecule has 1 saturated heterocycles. The molecule has 5 rings (SSSR count). The average molecular weight is 513 g/mol. The lowest BCUT2D eigenvalue weighted by Gasteiger charge is -2.32. The molecule has 2 aliphatic rings. The number of carboxylic acid groups (broad SMARTS) is 1. The maximum absolute atomic E-state index is 12.8. The van der Waals surface area contributed by atoms with Crippen molar-refractivity contribution in [1.82, 2.24) is 5.32 Å². The number of nitrogens with zero attached hydrogens (tertiary/aromatic N) is 1. The number of benzene rings is 3. The van der Waals surface area contributed by atoms with Crippen LogP contribution in [0.4, 0.5) is 10.5 Å². The van der Waals surface area contributed by atoms with Crippen LogP contribution in [-0.4, -0.2) is 42.9 Å². The number of hydrogen-bond donors (Lipinski definition) is 2. The molecule has 1 amide bonds. The number of amides is 1. The second kappa shape index (κ2) is 11.3. The molecule has 0 aromatic heterocycles. The standard InChI is InChI=1S/C32H36N2O4/c1-21(2)27-18-22(14-15-30(27)34-16-8-3-9-17-34)19-29(31(35)36)33-32(37)38-20-28-25-12-6-4-10-23(25)24-11-5-7-13-26(24)28/h4-7,10-15,18,21,28-29H,3,8-9,16-17,19-20H2,1-2H3,(H,33,37)(H,35,36). The van der Waals surface area contributed by atoms with Crippen LogP contribution in [0.1, 0.15) is 67.2 Å². The molecule has 0 saturated carbocycles. The summed E-state index contributed by atoms with van der Waals surface area (Å²) in [6.07, 6.45) is 3.15. The SMILES string of the molecule is CC(C)c1cc(CC(NC(=O)OCC2c3ccccc3-c3ccccc32)C(=O)O)ccc1N1CCCCC1. The molecule has 2 N–H and O–H groups in total. The maximum Gasteiger partial charge on any atom is 0.407 e. The van der Waals surface area contributed by atoms with Gasteiger partial charge >= 0.3 is 12.1 Å². The van der Waals surface area contributed by atoms with Crippen molar-refractivity contribution in [1.29, 1.82) is 0 Å². The molecule has 3 aromatic rings. The Morgan fingerprint density at radius 1 is 0.947 bits per heavy atom. The Morgan fingerprint density at radius 2 is 1.58 bits per heavy atom. The normalized spacial score (nSPS) is 15.6. The van der Waals surface area contributed by atoms with Crippen LogP contribution < -0.4 is 10.2 Å². The zero-order valence-corrected chi connectivity index (χ0v) is 22.2. The zero-order chi connectivity index (χ0) is 26.6. The number of aliphatic carboxylic acids is 1. The average Bonchev–Trinajstić information content (AvgIpc) is 3.25. The van der Waals surface area contributed by atoms with Crippen molar-refractivity contribution in [3.05, 3.63) is 89.0 Å². The quantitative estimate of drug-likeness (QED) is 0.368. The number of piperidine rings is 1. The summed E-state index contributed by atoms with van der Waals surface area (Å²) in [6, 6.07) is 21.4. The van der Waals surface area contributed by atoms with Crippen molar-refractivity contribution < 1.29 is 19.4 Å². The molecule has 1 heterocycles. The van der Waals surface area contributed by atoms with Gasteiger partial charge in [-0.05, 0) is 64.6 Å². The van der Waals surface area contributed by atoms with Gasteiger partial charge < -0.3 is 20.1 Å².